The average molecular weight is 1210 g/mol. The lowest BCUT2D eigenvalue weighted by molar-refractivity contribution is 0.661. The van der Waals surface area contributed by atoms with Gasteiger partial charge in [0.05, 0.1) is 39.0 Å². The van der Waals surface area contributed by atoms with Gasteiger partial charge in [0.15, 0.2) is 0 Å². The molecule has 0 radical (unpaired) electrons. The van der Waals surface area contributed by atoms with Crippen LogP contribution >= 0.6 is 11.6 Å². The Hall–Kier alpha value is -11.3. The van der Waals surface area contributed by atoms with Gasteiger partial charge in [0, 0.05) is 70.6 Å². The number of hydrogen-bond donors (Lipinski definition) is 1. The summed E-state index contributed by atoms with van der Waals surface area (Å²) in [5.41, 5.74) is 21.5. The molecule has 0 aliphatic heterocycles. The van der Waals surface area contributed by atoms with Crippen molar-refractivity contribution in [2.24, 2.45) is 0 Å². The predicted molar refractivity (Wildman–Crippen MR) is 390 cm³/mol. The van der Waals surface area contributed by atoms with Crippen LogP contribution in [0.3, 0.4) is 0 Å². The highest BCUT2D eigenvalue weighted by molar-refractivity contribution is 6.29. The molecule has 1 N–H and O–H groups in total. The predicted octanol–water partition coefficient (Wildman–Crippen LogP) is 22.9. The van der Waals surface area contributed by atoms with Crippen molar-refractivity contribution in [1.29, 1.82) is 0 Å². The van der Waals surface area contributed by atoms with E-state index in [1.165, 1.54) is 120 Å². The first-order valence-corrected chi connectivity index (χ1v) is 32.3. The van der Waals surface area contributed by atoms with E-state index in [2.05, 4.69) is 266 Å². The quantitative estimate of drug-likeness (QED) is 0.141. The second-order valence-electron chi connectivity index (χ2n) is 25.9. The number of hydrogen-bond acceptors (Lipinski definition) is 4. The summed E-state index contributed by atoms with van der Waals surface area (Å²) < 4.78 is 2.28. The largest absolute Gasteiger partial charge is 0.354 e. The van der Waals surface area contributed by atoms with E-state index in [1.807, 2.05) is 60.7 Å². The van der Waals surface area contributed by atoms with Crippen LogP contribution < -0.4 is 0 Å². The maximum absolute atomic E-state index is 5.95. The normalized spacial score (nSPS) is 13.4. The van der Waals surface area contributed by atoms with Crippen LogP contribution in [0.5, 0.6) is 0 Å². The lowest BCUT2D eigenvalue weighted by Gasteiger charge is -2.22. The van der Waals surface area contributed by atoms with Crippen LogP contribution in [0.2, 0.25) is 5.28 Å². The van der Waals surface area contributed by atoms with E-state index in [9.17, 15) is 0 Å². The summed E-state index contributed by atoms with van der Waals surface area (Å²) in [5, 5.41) is 17.6. The van der Waals surface area contributed by atoms with Crippen LogP contribution in [0.1, 0.15) is 49.9 Å². The van der Waals surface area contributed by atoms with E-state index in [0.29, 0.717) is 5.95 Å². The number of H-pyrrole nitrogens is 1. The van der Waals surface area contributed by atoms with Crippen molar-refractivity contribution in [3.63, 3.8) is 0 Å². The Balaban J connectivity index is 0.000000115. The molecule has 7 heteroatoms. The molecule has 0 atom stereocenters. The summed E-state index contributed by atoms with van der Waals surface area (Å²) in [6, 6.07) is 99.6. The smallest absolute Gasteiger partial charge is 0.235 e. The highest BCUT2D eigenvalue weighted by Crippen LogP contribution is 2.53. The molecule has 20 rings (SSSR count). The molecule has 0 saturated heterocycles. The summed E-state index contributed by atoms with van der Waals surface area (Å²) in [4.78, 5) is 22.7. The second kappa shape index (κ2) is 20.9. The van der Waals surface area contributed by atoms with Crippen LogP contribution in [0.4, 0.5) is 0 Å². The van der Waals surface area contributed by atoms with Crippen LogP contribution in [-0.4, -0.2) is 29.5 Å². The molecule has 18 aromatic rings. The second-order valence-corrected chi connectivity index (χ2v) is 26.2. The summed E-state index contributed by atoms with van der Waals surface area (Å²) in [6.45, 7) is 9.41. The van der Waals surface area contributed by atoms with Crippen LogP contribution in [-0.2, 0) is 10.8 Å². The minimum absolute atomic E-state index is 0.0213. The Morgan fingerprint density at radius 1 is 0.323 bits per heavy atom. The number of nitrogens with zero attached hydrogens (tertiary/aromatic N) is 5. The number of aromatic amines is 1. The molecule has 0 fully saturated rings. The third kappa shape index (κ3) is 8.48. The van der Waals surface area contributed by atoms with E-state index < -0.39 is 0 Å². The van der Waals surface area contributed by atoms with E-state index in [4.69, 9.17) is 21.6 Å². The van der Waals surface area contributed by atoms with Gasteiger partial charge in [-0.1, -0.05) is 258 Å². The average Bonchev–Trinajstić information content (AvgIpc) is 1.60. The lowest BCUT2D eigenvalue weighted by atomic mass is 9.81. The Bertz CT molecular complexity index is 6140. The Labute approximate surface area is 542 Å². The van der Waals surface area contributed by atoms with E-state index in [0.717, 1.165) is 55.4 Å². The zero-order valence-corrected chi connectivity index (χ0v) is 52.4. The van der Waals surface area contributed by atoms with E-state index >= 15 is 0 Å². The zero-order chi connectivity index (χ0) is 62.3. The summed E-state index contributed by atoms with van der Waals surface area (Å²) in [6.07, 6.45) is 0. The molecule has 0 amide bonds. The highest BCUT2D eigenvalue weighted by Gasteiger charge is 2.37. The van der Waals surface area contributed by atoms with Crippen molar-refractivity contribution in [2.45, 2.75) is 38.5 Å². The Morgan fingerprint density at radius 2 is 0.763 bits per heavy atom. The number of fused-ring (bicyclic) bond motifs is 22. The maximum atomic E-state index is 5.95. The number of rotatable bonds is 3. The van der Waals surface area contributed by atoms with Crippen molar-refractivity contribution < 1.29 is 0 Å². The van der Waals surface area contributed by atoms with Crippen LogP contribution in [0.15, 0.2) is 279 Å². The molecule has 0 saturated carbocycles. The molecule has 6 nitrogen and oxygen atoms in total. The SMILES string of the molecule is CC1(C)c2ccccc2-c2cc3ccc4c(ccc5c6ccccc6[nH]c54)c3cc21.CC1(C)c2ccccc2-c2cc3ccc4c(ccc5c6ccccc6n(-c6nc(-c7ccccc7)c7ccccc7n6)c45)c3cc21.Clc1nc(-c2ccccc2)c2ccccc2n1. The number of benzene rings is 14. The topological polar surface area (TPSA) is 72.3 Å². The molecule has 2 aliphatic carbocycles. The van der Waals surface area contributed by atoms with Gasteiger partial charge < -0.3 is 4.98 Å². The summed E-state index contributed by atoms with van der Waals surface area (Å²) >= 11 is 5.95. The van der Waals surface area contributed by atoms with Crippen LogP contribution in [0.25, 0.3) is 159 Å². The summed E-state index contributed by atoms with van der Waals surface area (Å²) in [7, 11) is 0. The molecule has 440 valence electrons. The molecule has 93 heavy (non-hydrogen) atoms. The number of para-hydroxylation sites is 4. The van der Waals surface area contributed by atoms with E-state index in [-0.39, 0.29) is 16.1 Å². The minimum atomic E-state index is -0.0615. The van der Waals surface area contributed by atoms with Gasteiger partial charge in [0.1, 0.15) is 0 Å². The van der Waals surface area contributed by atoms with Gasteiger partial charge in [-0.25, -0.2) is 19.9 Å². The highest BCUT2D eigenvalue weighted by atomic mass is 35.5. The fourth-order valence-corrected chi connectivity index (χ4v) is 15.7. The molecular formula is C86H59ClN6. The minimum Gasteiger partial charge on any atom is -0.354 e. The third-order valence-electron chi connectivity index (χ3n) is 20.0. The van der Waals surface area contributed by atoms with Gasteiger partial charge >= 0.3 is 0 Å². The van der Waals surface area contributed by atoms with Gasteiger partial charge in [-0.2, -0.15) is 0 Å². The maximum Gasteiger partial charge on any atom is 0.235 e. The standard InChI is InChI=1S/C43H29N3.C29H21N.C14H9ClN2/c1-43(2)36-17-9-6-14-29(36)35-24-27-20-21-31-28(34(27)25-37(35)43)22-23-32-30-15-8-11-19-39(30)46(41(31)32)42-44-38-18-10-7-16-33(38)40(45-42)26-12-4-3-5-13-26;1-29(2)25-9-5-3-7-19(25)24-15-17-11-12-21-18(23(17)16-26(24)29)13-14-22-20-8-4-6-10-27(20)30-28(21)22;15-14-16-12-9-5-4-8-11(12)13(17-14)10-6-2-1-3-7-10/h3-25H,1-2H3;3-16,30H,1-2H3;1-9H. The van der Waals surface area contributed by atoms with Crippen molar-refractivity contribution >= 4 is 120 Å². The molecule has 0 spiro atoms. The summed E-state index contributed by atoms with van der Waals surface area (Å²) in [5.74, 6) is 0.682. The first kappa shape index (κ1) is 54.6. The Morgan fingerprint density at radius 3 is 1.39 bits per heavy atom. The lowest BCUT2D eigenvalue weighted by Crippen LogP contribution is -2.14. The zero-order valence-electron chi connectivity index (χ0n) is 51.7. The van der Waals surface area contributed by atoms with E-state index in [1.54, 1.807) is 0 Å². The molecular weight excluding hydrogens is 1150 g/mol. The molecule has 0 unspecified atom stereocenters. The number of aromatic nitrogens is 6. The van der Waals surface area contributed by atoms with Crippen molar-refractivity contribution in [2.75, 3.05) is 0 Å². The van der Waals surface area contributed by atoms with Gasteiger partial charge in [-0.05, 0) is 137 Å². The monoisotopic (exact) mass is 1210 g/mol. The molecule has 4 heterocycles. The first-order chi connectivity index (χ1) is 45.5. The third-order valence-corrected chi connectivity index (χ3v) is 20.2. The fourth-order valence-electron chi connectivity index (χ4n) is 15.5. The van der Waals surface area contributed by atoms with Gasteiger partial charge in [-0.15, -0.1) is 0 Å². The van der Waals surface area contributed by atoms with Crippen molar-refractivity contribution in [3.05, 3.63) is 307 Å². The molecule has 14 aromatic carbocycles. The first-order valence-electron chi connectivity index (χ1n) is 31.9. The molecule has 0 bridgehead atoms. The van der Waals surface area contributed by atoms with Crippen molar-refractivity contribution in [1.82, 2.24) is 29.5 Å². The van der Waals surface area contributed by atoms with Crippen LogP contribution in [0, 0.1) is 0 Å². The van der Waals surface area contributed by atoms with Gasteiger partial charge in [0.2, 0.25) is 11.2 Å². The molecule has 2 aliphatic rings. The van der Waals surface area contributed by atoms with Crippen molar-refractivity contribution in [3.8, 4) is 50.7 Å². The fraction of sp³-hybridized carbons (Fsp3) is 0.0698. The Kier molecular flexibility index (Phi) is 12.3. The van der Waals surface area contributed by atoms with Gasteiger partial charge in [-0.3, -0.25) is 4.57 Å². The van der Waals surface area contributed by atoms with Gasteiger partial charge in [0.25, 0.3) is 0 Å². The number of halogens is 1. The number of nitrogens with one attached hydrogen (secondary N) is 1. The molecule has 4 aromatic heterocycles.